The van der Waals surface area contributed by atoms with Crippen molar-refractivity contribution >= 4 is 23.5 Å². The minimum absolute atomic E-state index is 0.0402. The van der Waals surface area contributed by atoms with Crippen molar-refractivity contribution in [1.82, 2.24) is 4.90 Å². The van der Waals surface area contributed by atoms with Gasteiger partial charge in [-0.2, -0.15) is 0 Å². The number of likely N-dealkylation sites (tertiary alicyclic amines) is 1. The Kier molecular flexibility index (Phi) is 8.93. The normalized spacial score (nSPS) is 44.4. The van der Waals surface area contributed by atoms with E-state index in [0.29, 0.717) is 25.9 Å². The number of piperidine rings is 1. The molecule has 6 aliphatic rings. The standard InChI is InChI=1S/C37H53N3O10/c1-7-40-17-34(18-50-32(43)20-10-8-9-11-23(20)39-31(42)19(2)14-26(38)41)13-12-25(47-4)36-22-15-21-24(46-3)16-35(44,27(22)28(21)48-5)37(45,33(36)40)30(49-6)29(34)36/h8-11,19,21-22,24-25,27-30,33,44-45H,7,12-18H2,1-6H3,(H2,38,41)(H,39,42)/t19-,21+,22+,24-,25-,27+,28-,29+,30-,33+,34-,35+,36-,37-/m0/s1. The average Bonchev–Trinajstić information content (AvgIpc) is 3.52. The predicted octanol–water partition coefficient (Wildman–Crippen LogP) is 1.59. The Morgan fingerprint density at radius 3 is 2.46 bits per heavy atom. The molecule has 6 fully saturated rings. The number of nitrogens with zero attached hydrogens (tertiary/aromatic N) is 1. The summed E-state index contributed by atoms with van der Waals surface area (Å²) in [7, 11) is 6.69. The molecule has 1 aromatic rings. The second-order valence-electron chi connectivity index (χ2n) is 15.9. The molecule has 276 valence electrons. The van der Waals surface area contributed by atoms with E-state index in [-0.39, 0.29) is 72.7 Å². The Hall–Kier alpha value is -2.65. The molecule has 13 heteroatoms. The van der Waals surface area contributed by atoms with Crippen molar-refractivity contribution in [2.45, 2.75) is 87.6 Å². The molecular formula is C37H53N3O10. The molecule has 0 radical (unpaired) electrons. The molecule has 1 aromatic carbocycles. The maximum atomic E-state index is 14.0. The Morgan fingerprint density at radius 2 is 1.82 bits per heavy atom. The summed E-state index contributed by atoms with van der Waals surface area (Å²) in [6.07, 6.45) is 0.586. The van der Waals surface area contributed by atoms with Gasteiger partial charge in [0.25, 0.3) is 0 Å². The number of hydrogen-bond donors (Lipinski definition) is 4. The molecule has 7 bridgehead atoms. The summed E-state index contributed by atoms with van der Waals surface area (Å²) < 4.78 is 31.3. The number of methoxy groups -OCH3 is 4. The fourth-order valence-electron chi connectivity index (χ4n) is 12.7. The van der Waals surface area contributed by atoms with Crippen LogP contribution in [-0.2, 0) is 33.3 Å². The number of nitrogens with one attached hydrogen (secondary N) is 1. The molecule has 5 N–H and O–H groups in total. The van der Waals surface area contributed by atoms with Crippen molar-refractivity contribution in [3.8, 4) is 0 Å². The molecule has 1 heterocycles. The van der Waals surface area contributed by atoms with Gasteiger partial charge in [-0.25, -0.2) is 4.79 Å². The van der Waals surface area contributed by atoms with Gasteiger partial charge in [-0.1, -0.05) is 26.0 Å². The van der Waals surface area contributed by atoms with Crippen molar-refractivity contribution in [3.05, 3.63) is 29.8 Å². The number of ether oxygens (including phenoxy) is 5. The third kappa shape index (κ3) is 4.46. The van der Waals surface area contributed by atoms with Gasteiger partial charge < -0.3 is 44.9 Å². The smallest absolute Gasteiger partial charge is 0.340 e. The van der Waals surface area contributed by atoms with E-state index in [0.717, 1.165) is 6.42 Å². The van der Waals surface area contributed by atoms with Crippen LogP contribution in [0.1, 0.15) is 56.3 Å². The molecular weight excluding hydrogens is 646 g/mol. The number of benzene rings is 1. The monoisotopic (exact) mass is 699 g/mol. The van der Waals surface area contributed by atoms with Gasteiger partial charge in [0.15, 0.2) is 0 Å². The van der Waals surface area contributed by atoms with E-state index in [4.69, 9.17) is 29.4 Å². The third-order valence-corrected chi connectivity index (χ3v) is 14.2. The summed E-state index contributed by atoms with van der Waals surface area (Å²) in [5, 5.41) is 29.3. The zero-order valence-electron chi connectivity index (χ0n) is 29.9. The van der Waals surface area contributed by atoms with E-state index in [2.05, 4.69) is 17.1 Å². The van der Waals surface area contributed by atoms with Crippen LogP contribution in [-0.4, -0.2) is 123 Å². The quantitative estimate of drug-likeness (QED) is 0.233. The number of esters is 1. The van der Waals surface area contributed by atoms with Crippen LogP contribution in [0, 0.1) is 40.4 Å². The summed E-state index contributed by atoms with van der Waals surface area (Å²) in [5.41, 5.74) is 1.21. The van der Waals surface area contributed by atoms with Crippen LogP contribution >= 0.6 is 0 Å². The lowest BCUT2D eigenvalue weighted by molar-refractivity contribution is -0.320. The molecule has 0 unspecified atom stereocenters. The number of likely N-dealkylation sites (N-methyl/N-ethyl adjacent to an activating group) is 1. The molecule has 7 rings (SSSR count). The van der Waals surface area contributed by atoms with Gasteiger partial charge in [0.05, 0.1) is 48.3 Å². The number of carbonyl (C=O) groups is 3. The summed E-state index contributed by atoms with van der Waals surface area (Å²) >= 11 is 0. The van der Waals surface area contributed by atoms with Gasteiger partial charge in [0.1, 0.15) is 11.2 Å². The lowest BCUT2D eigenvalue weighted by Crippen LogP contribution is -2.82. The summed E-state index contributed by atoms with van der Waals surface area (Å²) in [6.45, 7) is 4.84. The third-order valence-electron chi connectivity index (χ3n) is 14.2. The number of para-hydroxylation sites is 1. The van der Waals surface area contributed by atoms with Crippen LogP contribution in [0.25, 0.3) is 0 Å². The second-order valence-corrected chi connectivity index (χ2v) is 15.9. The van der Waals surface area contributed by atoms with Crippen LogP contribution in [0.4, 0.5) is 5.69 Å². The van der Waals surface area contributed by atoms with Crippen LogP contribution < -0.4 is 11.1 Å². The number of aliphatic hydroxyl groups is 2. The highest BCUT2D eigenvalue weighted by Gasteiger charge is 2.91. The van der Waals surface area contributed by atoms with E-state index in [9.17, 15) is 24.6 Å². The highest BCUT2D eigenvalue weighted by atomic mass is 16.5. The van der Waals surface area contributed by atoms with Crippen LogP contribution in [0.2, 0.25) is 0 Å². The van der Waals surface area contributed by atoms with Gasteiger partial charge in [-0.3, -0.25) is 14.5 Å². The molecule has 5 aliphatic carbocycles. The minimum atomic E-state index is -1.70. The topological polar surface area (TPSA) is 179 Å². The van der Waals surface area contributed by atoms with Gasteiger partial charge in [-0.15, -0.1) is 0 Å². The van der Waals surface area contributed by atoms with E-state index >= 15 is 0 Å². The van der Waals surface area contributed by atoms with Crippen molar-refractivity contribution in [2.75, 3.05) is 53.5 Å². The maximum absolute atomic E-state index is 14.0. The first-order chi connectivity index (χ1) is 23.8. The van der Waals surface area contributed by atoms with Crippen molar-refractivity contribution in [3.63, 3.8) is 0 Å². The number of anilines is 1. The molecule has 0 aromatic heterocycles. The predicted molar refractivity (Wildman–Crippen MR) is 180 cm³/mol. The first-order valence-electron chi connectivity index (χ1n) is 18.0. The lowest BCUT2D eigenvalue weighted by atomic mass is 9.42. The Morgan fingerprint density at radius 1 is 1.08 bits per heavy atom. The Labute approximate surface area is 293 Å². The van der Waals surface area contributed by atoms with Gasteiger partial charge in [0.2, 0.25) is 11.8 Å². The highest BCUT2D eigenvalue weighted by molar-refractivity contribution is 6.02. The maximum Gasteiger partial charge on any atom is 0.340 e. The Bertz CT molecular complexity index is 1530. The van der Waals surface area contributed by atoms with Gasteiger partial charge in [-0.05, 0) is 43.9 Å². The number of amides is 2. The first-order valence-corrected chi connectivity index (χ1v) is 18.0. The molecule has 1 saturated heterocycles. The fourth-order valence-corrected chi connectivity index (χ4v) is 12.7. The highest BCUT2D eigenvalue weighted by Crippen LogP contribution is 2.80. The van der Waals surface area contributed by atoms with E-state index in [1.165, 1.54) is 0 Å². The fraction of sp³-hybridized carbons (Fsp3) is 0.757. The Balaban J connectivity index is 1.29. The van der Waals surface area contributed by atoms with Gasteiger partial charge in [0, 0.05) is 82.3 Å². The summed E-state index contributed by atoms with van der Waals surface area (Å²) in [4.78, 5) is 40.5. The van der Waals surface area contributed by atoms with E-state index in [1.54, 1.807) is 59.6 Å². The number of nitrogens with two attached hydrogens (primary N) is 1. The van der Waals surface area contributed by atoms with E-state index < -0.39 is 57.9 Å². The molecule has 13 nitrogen and oxygen atoms in total. The lowest BCUT2D eigenvalue weighted by Gasteiger charge is -2.70. The first kappa shape index (κ1) is 35.7. The zero-order chi connectivity index (χ0) is 36.0. The SMILES string of the molecule is CCN1C[C@]2(COC(=O)c3ccccc3NC(=O)[C@@H](C)CC(N)=O)CC[C@H](OC)[C@]34[C@@H]5C[C@H]6[C@H](OC)[C@@H]5[C@](O)(C[C@@H]6OC)[C@@](O)([C@H]13)[C@@H](OC)[C@H]24. The van der Waals surface area contributed by atoms with Crippen LogP contribution in [0.15, 0.2) is 24.3 Å². The number of hydrogen-bond acceptors (Lipinski definition) is 11. The van der Waals surface area contributed by atoms with Crippen molar-refractivity contribution < 1.29 is 48.3 Å². The number of fused-ring (bicyclic) bond motifs is 2. The van der Waals surface area contributed by atoms with Crippen LogP contribution in [0.5, 0.6) is 0 Å². The molecule has 14 atom stereocenters. The number of rotatable bonds is 12. The summed E-state index contributed by atoms with van der Waals surface area (Å²) in [6, 6.07) is 6.16. The molecule has 50 heavy (non-hydrogen) atoms. The van der Waals surface area contributed by atoms with Crippen LogP contribution in [0.3, 0.4) is 0 Å². The van der Waals surface area contributed by atoms with Crippen molar-refractivity contribution in [1.29, 1.82) is 0 Å². The second kappa shape index (κ2) is 12.5. The molecule has 2 amide bonds. The average molecular weight is 700 g/mol. The van der Waals surface area contributed by atoms with Crippen molar-refractivity contribution in [2.24, 2.45) is 46.2 Å². The van der Waals surface area contributed by atoms with E-state index in [1.807, 2.05) is 0 Å². The minimum Gasteiger partial charge on any atom is -0.461 e. The number of primary amides is 1. The largest absolute Gasteiger partial charge is 0.461 e. The zero-order valence-corrected chi connectivity index (χ0v) is 29.9. The van der Waals surface area contributed by atoms with Gasteiger partial charge >= 0.3 is 5.97 Å². The summed E-state index contributed by atoms with van der Waals surface area (Å²) in [5.74, 6) is -3.02. The molecule has 1 aliphatic heterocycles. The molecule has 5 saturated carbocycles. The molecule has 1 spiro atoms. The number of carbonyl (C=O) groups excluding carboxylic acids is 3.